The summed E-state index contributed by atoms with van der Waals surface area (Å²) in [6.07, 6.45) is 3.95. The molecule has 0 bridgehead atoms. The van der Waals surface area contributed by atoms with Gasteiger partial charge in [0.25, 0.3) is 0 Å². The molecule has 0 amide bonds. The van der Waals surface area contributed by atoms with Crippen LogP contribution in [-0.2, 0) is 10.3 Å². The summed E-state index contributed by atoms with van der Waals surface area (Å²) >= 11 is 5.91. The Balaban J connectivity index is 2.57. The van der Waals surface area contributed by atoms with Crippen molar-refractivity contribution in [2.45, 2.75) is 24.8 Å². The van der Waals surface area contributed by atoms with Crippen molar-refractivity contribution in [2.75, 3.05) is 7.11 Å². The molecule has 0 heterocycles. The number of isocyanates is 1. The molecule has 1 aliphatic rings. The molecule has 0 aromatic heterocycles. The molecule has 0 spiro atoms. The van der Waals surface area contributed by atoms with Gasteiger partial charge in [-0.1, -0.05) is 11.6 Å². The lowest BCUT2D eigenvalue weighted by atomic mass is 9.72. The second-order valence-corrected chi connectivity index (χ2v) is 4.50. The van der Waals surface area contributed by atoms with Crippen molar-refractivity contribution in [1.29, 1.82) is 0 Å². The third-order valence-electron chi connectivity index (χ3n) is 3.21. The van der Waals surface area contributed by atoms with Crippen LogP contribution < -0.4 is 4.74 Å². The molecule has 0 aliphatic heterocycles. The Hall–Kier alpha value is -1.51. The molecule has 17 heavy (non-hydrogen) atoms. The fourth-order valence-corrected chi connectivity index (χ4v) is 2.30. The molecule has 5 heteroatoms. The van der Waals surface area contributed by atoms with Crippen molar-refractivity contribution >= 4 is 17.7 Å². The van der Waals surface area contributed by atoms with Crippen LogP contribution in [0.1, 0.15) is 24.8 Å². The smallest absolute Gasteiger partial charge is 0.235 e. The fraction of sp³-hybridized carbons (Fsp3) is 0.417. The van der Waals surface area contributed by atoms with E-state index >= 15 is 0 Å². The number of carbonyl (C=O) groups excluding carboxylic acids is 1. The number of aliphatic imine (C=N–C) groups is 1. The van der Waals surface area contributed by atoms with Gasteiger partial charge in [-0.25, -0.2) is 4.79 Å². The number of benzene rings is 1. The summed E-state index contributed by atoms with van der Waals surface area (Å²) in [7, 11) is 1.52. The fourth-order valence-electron chi connectivity index (χ4n) is 2.09. The van der Waals surface area contributed by atoms with E-state index < -0.39 is 5.54 Å². The molecule has 4 nitrogen and oxygen atoms in total. The first-order chi connectivity index (χ1) is 8.13. The third kappa shape index (κ3) is 1.90. The molecule has 1 saturated carbocycles. The van der Waals surface area contributed by atoms with Gasteiger partial charge in [0.05, 0.1) is 12.1 Å². The topological polar surface area (TPSA) is 58.9 Å². The molecule has 1 N–H and O–H groups in total. The van der Waals surface area contributed by atoms with Crippen LogP contribution in [0.5, 0.6) is 11.5 Å². The number of phenolic OH excluding ortho intramolecular Hbond substituents is 1. The Morgan fingerprint density at radius 1 is 1.53 bits per heavy atom. The standard InChI is InChI=1S/C12H12ClNO3/c1-17-8-5-9(11(16)10(13)6-8)12(14-7-15)3-2-4-12/h5-6,16H,2-4H2,1H3. The van der Waals surface area contributed by atoms with Crippen LogP contribution in [0, 0.1) is 0 Å². The van der Waals surface area contributed by atoms with Crippen LogP contribution in [0.2, 0.25) is 5.02 Å². The zero-order valence-electron chi connectivity index (χ0n) is 9.36. The number of methoxy groups -OCH3 is 1. The van der Waals surface area contributed by atoms with Gasteiger partial charge in [-0.3, -0.25) is 0 Å². The van der Waals surface area contributed by atoms with Gasteiger partial charge in [0.1, 0.15) is 17.0 Å². The van der Waals surface area contributed by atoms with Crippen LogP contribution in [0.4, 0.5) is 0 Å². The van der Waals surface area contributed by atoms with Gasteiger partial charge in [-0.05, 0) is 25.3 Å². The van der Waals surface area contributed by atoms with Gasteiger partial charge >= 0.3 is 0 Å². The maximum atomic E-state index is 10.5. The molecule has 1 aliphatic carbocycles. The van der Waals surface area contributed by atoms with Crippen molar-refractivity contribution in [3.63, 3.8) is 0 Å². The molecule has 1 fully saturated rings. The minimum Gasteiger partial charge on any atom is -0.506 e. The van der Waals surface area contributed by atoms with Gasteiger partial charge in [0, 0.05) is 11.6 Å². The predicted molar refractivity (Wildman–Crippen MR) is 63.3 cm³/mol. The van der Waals surface area contributed by atoms with Crippen molar-refractivity contribution < 1.29 is 14.6 Å². The average molecular weight is 254 g/mol. The SMILES string of the molecule is COc1cc(Cl)c(O)c(C2(N=C=O)CCC2)c1. The third-order valence-corrected chi connectivity index (χ3v) is 3.50. The summed E-state index contributed by atoms with van der Waals surface area (Å²) in [5.41, 5.74) is -0.138. The van der Waals surface area contributed by atoms with E-state index in [2.05, 4.69) is 4.99 Å². The van der Waals surface area contributed by atoms with E-state index in [9.17, 15) is 9.90 Å². The Kier molecular flexibility index (Phi) is 3.09. The van der Waals surface area contributed by atoms with Gasteiger partial charge < -0.3 is 9.84 Å². The highest BCUT2D eigenvalue weighted by molar-refractivity contribution is 6.32. The molecular formula is C12H12ClNO3. The lowest BCUT2D eigenvalue weighted by Gasteiger charge is -2.37. The minimum atomic E-state index is -0.677. The molecular weight excluding hydrogens is 242 g/mol. The maximum Gasteiger partial charge on any atom is 0.235 e. The Morgan fingerprint density at radius 2 is 2.24 bits per heavy atom. The van der Waals surface area contributed by atoms with Crippen LogP contribution in [0.15, 0.2) is 17.1 Å². The molecule has 0 saturated heterocycles. The molecule has 0 radical (unpaired) electrons. The minimum absolute atomic E-state index is 0.0360. The highest BCUT2D eigenvalue weighted by Gasteiger charge is 2.41. The van der Waals surface area contributed by atoms with Crippen molar-refractivity contribution in [3.8, 4) is 11.5 Å². The first-order valence-electron chi connectivity index (χ1n) is 5.29. The summed E-state index contributed by atoms with van der Waals surface area (Å²) in [4.78, 5) is 14.3. The van der Waals surface area contributed by atoms with E-state index in [-0.39, 0.29) is 10.8 Å². The van der Waals surface area contributed by atoms with Crippen LogP contribution in [0.25, 0.3) is 0 Å². The first kappa shape index (κ1) is 12.0. The molecule has 90 valence electrons. The van der Waals surface area contributed by atoms with E-state index in [0.717, 1.165) is 6.42 Å². The Labute approximate surface area is 104 Å². The second-order valence-electron chi connectivity index (χ2n) is 4.09. The van der Waals surface area contributed by atoms with Crippen LogP contribution in [0.3, 0.4) is 0 Å². The molecule has 0 atom stereocenters. The zero-order chi connectivity index (χ0) is 12.5. The monoisotopic (exact) mass is 253 g/mol. The summed E-state index contributed by atoms with van der Waals surface area (Å²) < 4.78 is 5.10. The van der Waals surface area contributed by atoms with Crippen molar-refractivity contribution in [2.24, 2.45) is 4.99 Å². The number of halogens is 1. The molecule has 1 aromatic carbocycles. The summed E-state index contributed by atoms with van der Waals surface area (Å²) in [5.74, 6) is 0.501. The molecule has 2 rings (SSSR count). The maximum absolute atomic E-state index is 10.5. The predicted octanol–water partition coefficient (Wildman–Crippen LogP) is 2.77. The van der Waals surface area contributed by atoms with E-state index in [1.165, 1.54) is 13.2 Å². The summed E-state index contributed by atoms with van der Waals surface area (Å²) in [6, 6.07) is 3.19. The summed E-state index contributed by atoms with van der Waals surface area (Å²) in [5, 5.41) is 10.2. The number of rotatable bonds is 3. The lowest BCUT2D eigenvalue weighted by Crippen LogP contribution is -2.32. The number of aromatic hydroxyl groups is 1. The van der Waals surface area contributed by atoms with Gasteiger partial charge in [0.2, 0.25) is 6.08 Å². The lowest BCUT2D eigenvalue weighted by molar-refractivity contribution is 0.246. The molecule has 0 unspecified atom stereocenters. The zero-order valence-corrected chi connectivity index (χ0v) is 10.1. The van der Waals surface area contributed by atoms with E-state index in [1.54, 1.807) is 12.1 Å². The number of hydrogen-bond acceptors (Lipinski definition) is 4. The number of phenols is 1. The van der Waals surface area contributed by atoms with E-state index in [0.29, 0.717) is 24.2 Å². The van der Waals surface area contributed by atoms with Crippen molar-refractivity contribution in [3.05, 3.63) is 22.7 Å². The van der Waals surface area contributed by atoms with E-state index in [4.69, 9.17) is 16.3 Å². The van der Waals surface area contributed by atoms with Gasteiger partial charge in [-0.2, -0.15) is 4.99 Å². The van der Waals surface area contributed by atoms with Crippen LogP contribution in [-0.4, -0.2) is 18.3 Å². The number of ether oxygens (including phenoxy) is 1. The number of nitrogens with zero attached hydrogens (tertiary/aromatic N) is 1. The highest BCUT2D eigenvalue weighted by Crippen LogP contribution is 2.50. The first-order valence-corrected chi connectivity index (χ1v) is 5.67. The normalized spacial score (nSPS) is 16.8. The Morgan fingerprint density at radius 3 is 2.71 bits per heavy atom. The average Bonchev–Trinajstić information content (AvgIpc) is 2.27. The quantitative estimate of drug-likeness (QED) is 0.666. The molecule has 1 aromatic rings. The van der Waals surface area contributed by atoms with E-state index in [1.807, 2.05) is 0 Å². The summed E-state index contributed by atoms with van der Waals surface area (Å²) in [6.45, 7) is 0. The second kappa shape index (κ2) is 4.40. The van der Waals surface area contributed by atoms with Gasteiger partial charge in [-0.15, -0.1) is 0 Å². The number of hydrogen-bond donors (Lipinski definition) is 1. The highest BCUT2D eigenvalue weighted by atomic mass is 35.5. The van der Waals surface area contributed by atoms with Crippen molar-refractivity contribution in [1.82, 2.24) is 0 Å². The Bertz CT molecular complexity index is 491. The van der Waals surface area contributed by atoms with Crippen LogP contribution >= 0.6 is 11.6 Å². The van der Waals surface area contributed by atoms with Gasteiger partial charge in [0.15, 0.2) is 0 Å². The largest absolute Gasteiger partial charge is 0.506 e.